The van der Waals surface area contributed by atoms with Crippen LogP contribution in [0.1, 0.15) is 6.23 Å². The van der Waals surface area contributed by atoms with Crippen LogP contribution in [0.25, 0.3) is 21.9 Å². The molecule has 2 aromatic carbocycles. The van der Waals surface area contributed by atoms with E-state index in [1.807, 2.05) is 31.1 Å². The van der Waals surface area contributed by atoms with Gasteiger partial charge in [0.25, 0.3) is 10.1 Å². The highest BCUT2D eigenvalue weighted by atomic mass is 32.2. The molecule has 184 valence electrons. The maximum Gasteiger partial charge on any atom is 0.298 e. The fourth-order valence-electron chi connectivity index (χ4n) is 4.34. The van der Waals surface area contributed by atoms with Crippen molar-refractivity contribution in [3.63, 3.8) is 0 Å². The summed E-state index contributed by atoms with van der Waals surface area (Å²) in [5.74, 6) is 0.142. The Labute approximate surface area is 200 Å². The lowest BCUT2D eigenvalue weighted by molar-refractivity contribution is -0.0502. The quantitative estimate of drug-likeness (QED) is 0.318. The average Bonchev–Trinajstić information content (AvgIpc) is 3.40. The molecule has 2 aromatic heterocycles. The summed E-state index contributed by atoms with van der Waals surface area (Å²) in [4.78, 5) is 14.0. The Morgan fingerprint density at radius 2 is 1.89 bits per heavy atom. The summed E-state index contributed by atoms with van der Waals surface area (Å²) >= 11 is 0. The summed E-state index contributed by atoms with van der Waals surface area (Å²) in [5, 5.41) is 22.1. The largest absolute Gasteiger partial charge is 0.394 e. The van der Waals surface area contributed by atoms with Crippen molar-refractivity contribution in [2.45, 2.75) is 29.4 Å². The van der Waals surface area contributed by atoms with Crippen molar-refractivity contribution in [3.8, 4) is 0 Å². The molecule has 0 spiro atoms. The molecule has 35 heavy (non-hydrogen) atoms. The minimum atomic E-state index is -4.37. The summed E-state index contributed by atoms with van der Waals surface area (Å²) < 4.78 is 39.5. The molecule has 13 heteroatoms. The molecule has 4 atom stereocenters. The number of anilines is 2. The highest BCUT2D eigenvalue weighted by Crippen LogP contribution is 2.37. The van der Waals surface area contributed by atoms with Crippen LogP contribution in [0.2, 0.25) is 0 Å². The summed E-state index contributed by atoms with van der Waals surface area (Å²) in [7, 11) is -0.642. The zero-order valence-electron chi connectivity index (χ0n) is 18.9. The molecular weight excluding hydrogens is 476 g/mol. The number of fused-ring (bicyclic) bond motifs is 2. The first-order valence-electron chi connectivity index (χ1n) is 10.7. The van der Waals surface area contributed by atoms with Gasteiger partial charge in [-0.05, 0) is 12.1 Å². The molecule has 0 radical (unpaired) electrons. The van der Waals surface area contributed by atoms with Gasteiger partial charge in [0.05, 0.1) is 12.9 Å². The molecule has 3 heterocycles. The monoisotopic (exact) mass is 500 g/mol. The third kappa shape index (κ3) is 3.86. The van der Waals surface area contributed by atoms with Gasteiger partial charge >= 0.3 is 0 Å². The van der Waals surface area contributed by atoms with Crippen molar-refractivity contribution in [2.75, 3.05) is 31.3 Å². The number of nitrogens with two attached hydrogens (primary N) is 1. The van der Waals surface area contributed by atoms with E-state index in [2.05, 4.69) is 15.0 Å². The second kappa shape index (κ2) is 8.70. The zero-order chi connectivity index (χ0) is 24.9. The van der Waals surface area contributed by atoms with Crippen molar-refractivity contribution >= 4 is 43.6 Å². The van der Waals surface area contributed by atoms with Gasteiger partial charge in [0, 0.05) is 30.6 Å². The van der Waals surface area contributed by atoms with Crippen LogP contribution < -0.4 is 10.6 Å². The van der Waals surface area contributed by atoms with E-state index in [0.717, 1.165) is 11.1 Å². The number of nitrogens with zero attached hydrogens (tertiary/aromatic N) is 5. The van der Waals surface area contributed by atoms with E-state index in [-0.39, 0.29) is 16.4 Å². The van der Waals surface area contributed by atoms with Crippen molar-refractivity contribution in [2.24, 2.45) is 0 Å². The number of benzene rings is 2. The number of aliphatic hydroxyl groups excluding tert-OH is 2. The van der Waals surface area contributed by atoms with Crippen molar-refractivity contribution in [3.05, 3.63) is 49.1 Å². The first kappa shape index (κ1) is 23.4. The molecule has 5 rings (SSSR count). The first-order valence-corrected chi connectivity index (χ1v) is 12.1. The standard InChI is InChI=1S/C22H24N6O6S/c1-27(2)14-7-3-6-13-12(14)5-4-8-16(13)35(31,32)34-19-15(9-29)33-22(18(19)30)28-11-26-17-20(23)24-10-25-21(17)28/h3-8,10-11,15,18-19,22,29-30H,9H2,1-2H3,(H2,23,24,25)/t15-,18-,19-,22-/m1/s1. The van der Waals surface area contributed by atoms with Crippen molar-refractivity contribution in [1.82, 2.24) is 19.5 Å². The van der Waals surface area contributed by atoms with Crippen LogP contribution in [0.4, 0.5) is 11.5 Å². The number of hydrogen-bond donors (Lipinski definition) is 3. The van der Waals surface area contributed by atoms with Gasteiger partial charge in [-0.15, -0.1) is 0 Å². The minimum Gasteiger partial charge on any atom is -0.394 e. The molecule has 4 N–H and O–H groups in total. The van der Waals surface area contributed by atoms with Crippen LogP contribution in [-0.2, 0) is 19.0 Å². The van der Waals surface area contributed by atoms with E-state index in [4.69, 9.17) is 14.7 Å². The Morgan fingerprint density at radius 3 is 2.63 bits per heavy atom. The Balaban J connectivity index is 1.51. The van der Waals surface area contributed by atoms with Gasteiger partial charge in [0.2, 0.25) is 0 Å². The van der Waals surface area contributed by atoms with Crippen LogP contribution >= 0.6 is 0 Å². The minimum absolute atomic E-state index is 0.0559. The predicted octanol–water partition coefficient (Wildman–Crippen LogP) is 0.652. The maximum atomic E-state index is 13.4. The number of aromatic nitrogens is 4. The molecular formula is C22H24N6O6S. The Morgan fingerprint density at radius 1 is 1.14 bits per heavy atom. The van der Waals surface area contributed by atoms with Gasteiger partial charge in [-0.1, -0.05) is 24.3 Å². The van der Waals surface area contributed by atoms with E-state index >= 15 is 0 Å². The van der Waals surface area contributed by atoms with E-state index in [1.54, 1.807) is 18.2 Å². The third-order valence-corrected chi connectivity index (χ3v) is 7.37. The molecule has 0 unspecified atom stereocenters. The number of imidazole rings is 1. The van der Waals surface area contributed by atoms with E-state index < -0.39 is 41.3 Å². The number of ether oxygens (including phenoxy) is 1. The fourth-order valence-corrected chi connectivity index (χ4v) is 5.67. The second-order valence-corrected chi connectivity index (χ2v) is 9.90. The topological polar surface area (TPSA) is 166 Å². The molecule has 0 amide bonds. The van der Waals surface area contributed by atoms with Gasteiger partial charge in [0.1, 0.15) is 35.1 Å². The van der Waals surface area contributed by atoms with E-state index in [1.165, 1.54) is 23.3 Å². The van der Waals surface area contributed by atoms with Crippen molar-refractivity contribution < 1.29 is 27.6 Å². The molecule has 0 saturated carbocycles. The first-order chi connectivity index (χ1) is 16.7. The van der Waals surface area contributed by atoms with Crippen LogP contribution in [0.3, 0.4) is 0 Å². The Kier molecular flexibility index (Phi) is 5.81. The van der Waals surface area contributed by atoms with Crippen LogP contribution in [0, 0.1) is 0 Å². The van der Waals surface area contributed by atoms with Crippen LogP contribution in [0.15, 0.2) is 53.9 Å². The van der Waals surface area contributed by atoms with E-state index in [9.17, 15) is 18.6 Å². The SMILES string of the molecule is CN(C)c1cccc2c(S(=O)(=O)O[C@H]3[C@@H](O)[C@H](n4cnc5c(N)ncnc54)O[C@@H]3CO)cccc12. The van der Waals surface area contributed by atoms with Gasteiger partial charge in [-0.25, -0.2) is 15.0 Å². The Hall–Kier alpha value is -3.36. The molecule has 12 nitrogen and oxygen atoms in total. The Bertz CT molecular complexity index is 1510. The summed E-state index contributed by atoms with van der Waals surface area (Å²) in [6.45, 7) is -0.586. The normalized spacial score (nSPS) is 22.7. The average molecular weight is 501 g/mol. The highest BCUT2D eigenvalue weighted by Gasteiger charge is 2.48. The molecule has 0 bridgehead atoms. The van der Waals surface area contributed by atoms with Crippen LogP contribution in [-0.4, -0.2) is 77.2 Å². The number of hydrogen-bond acceptors (Lipinski definition) is 11. The van der Waals surface area contributed by atoms with Gasteiger partial charge in [-0.3, -0.25) is 8.75 Å². The predicted molar refractivity (Wildman–Crippen MR) is 127 cm³/mol. The molecule has 1 saturated heterocycles. The summed E-state index contributed by atoms with van der Waals surface area (Å²) in [6, 6.07) is 10.2. The fraction of sp³-hybridized carbons (Fsp3) is 0.318. The number of nitrogen functional groups attached to an aromatic ring is 1. The van der Waals surface area contributed by atoms with Crippen LogP contribution in [0.5, 0.6) is 0 Å². The molecule has 1 fully saturated rings. The second-order valence-electron chi connectivity index (χ2n) is 8.36. The summed E-state index contributed by atoms with van der Waals surface area (Å²) in [5.41, 5.74) is 7.25. The molecule has 4 aromatic rings. The molecule has 0 aliphatic carbocycles. The molecule has 1 aliphatic heterocycles. The third-order valence-electron chi connectivity index (χ3n) is 6.00. The van der Waals surface area contributed by atoms with Gasteiger partial charge in [-0.2, -0.15) is 8.42 Å². The summed E-state index contributed by atoms with van der Waals surface area (Å²) in [6.07, 6.45) is -2.53. The van der Waals surface area contributed by atoms with E-state index in [0.29, 0.717) is 10.9 Å². The highest BCUT2D eigenvalue weighted by molar-refractivity contribution is 7.87. The number of rotatable bonds is 6. The molecule has 1 aliphatic rings. The lowest BCUT2D eigenvalue weighted by Crippen LogP contribution is -2.38. The van der Waals surface area contributed by atoms with Crippen molar-refractivity contribution in [1.29, 1.82) is 0 Å². The maximum absolute atomic E-state index is 13.4. The smallest absolute Gasteiger partial charge is 0.298 e. The lowest BCUT2D eigenvalue weighted by Gasteiger charge is -2.21. The lowest BCUT2D eigenvalue weighted by atomic mass is 10.1. The van der Waals surface area contributed by atoms with Gasteiger partial charge in [0.15, 0.2) is 17.7 Å². The van der Waals surface area contributed by atoms with Gasteiger partial charge < -0.3 is 25.6 Å². The zero-order valence-corrected chi connectivity index (χ0v) is 19.7. The number of aliphatic hydroxyl groups is 2.